The van der Waals surface area contributed by atoms with Crippen LogP contribution in [0.2, 0.25) is 0 Å². The third-order valence-electron chi connectivity index (χ3n) is 3.85. The number of hydrogen-bond donors (Lipinski definition) is 1. The summed E-state index contributed by atoms with van der Waals surface area (Å²) >= 11 is 0. The molecule has 21 heavy (non-hydrogen) atoms. The van der Waals surface area contributed by atoms with Crippen molar-refractivity contribution in [2.24, 2.45) is 0 Å². The lowest BCUT2D eigenvalue weighted by atomic mass is 10.1. The van der Waals surface area contributed by atoms with Crippen molar-refractivity contribution in [3.05, 3.63) is 24.3 Å². The Balaban J connectivity index is 1.42. The molecule has 0 atom stereocenters. The van der Waals surface area contributed by atoms with Crippen molar-refractivity contribution >= 4 is 0 Å². The van der Waals surface area contributed by atoms with Crippen molar-refractivity contribution < 1.29 is 14.6 Å². The van der Waals surface area contributed by atoms with Crippen LogP contribution in [0.15, 0.2) is 24.3 Å². The van der Waals surface area contributed by atoms with E-state index in [-0.39, 0.29) is 5.75 Å². The fourth-order valence-electron chi connectivity index (χ4n) is 2.55. The van der Waals surface area contributed by atoms with E-state index >= 15 is 0 Å². The van der Waals surface area contributed by atoms with Crippen LogP contribution < -0.4 is 4.74 Å². The molecule has 4 nitrogen and oxygen atoms in total. The molecule has 1 heterocycles. The first-order valence-electron chi connectivity index (χ1n) is 8.07. The fourth-order valence-corrected chi connectivity index (χ4v) is 2.55. The number of aromatic hydroxyl groups is 1. The molecule has 0 unspecified atom stereocenters. The smallest absolute Gasteiger partial charge is 0.160 e. The molecular weight excluding hydrogens is 266 g/mol. The zero-order chi connectivity index (χ0) is 14.8. The second-order valence-electron chi connectivity index (χ2n) is 5.54. The van der Waals surface area contributed by atoms with Gasteiger partial charge in [-0.05, 0) is 31.5 Å². The zero-order valence-electron chi connectivity index (χ0n) is 12.8. The Morgan fingerprint density at radius 3 is 2.52 bits per heavy atom. The molecule has 0 saturated carbocycles. The summed E-state index contributed by atoms with van der Waals surface area (Å²) in [5, 5.41) is 9.57. The fraction of sp³-hybridized carbons (Fsp3) is 0.647. The van der Waals surface area contributed by atoms with Gasteiger partial charge in [-0.2, -0.15) is 0 Å². The van der Waals surface area contributed by atoms with Gasteiger partial charge in [-0.25, -0.2) is 0 Å². The van der Waals surface area contributed by atoms with Crippen LogP contribution in [0.1, 0.15) is 32.1 Å². The lowest BCUT2D eigenvalue weighted by Gasteiger charge is -2.26. The molecule has 1 saturated heterocycles. The van der Waals surface area contributed by atoms with E-state index in [0.29, 0.717) is 12.4 Å². The Morgan fingerprint density at radius 1 is 1.00 bits per heavy atom. The second-order valence-corrected chi connectivity index (χ2v) is 5.54. The van der Waals surface area contributed by atoms with Crippen molar-refractivity contribution in [1.82, 2.24) is 4.90 Å². The van der Waals surface area contributed by atoms with Gasteiger partial charge in [0.2, 0.25) is 0 Å². The highest BCUT2D eigenvalue weighted by molar-refractivity contribution is 5.37. The number of nitrogens with zero attached hydrogens (tertiary/aromatic N) is 1. The summed E-state index contributed by atoms with van der Waals surface area (Å²) in [5.41, 5.74) is 0. The van der Waals surface area contributed by atoms with Crippen molar-refractivity contribution in [1.29, 1.82) is 0 Å². The molecule has 0 amide bonds. The molecule has 1 fully saturated rings. The van der Waals surface area contributed by atoms with Gasteiger partial charge in [0.25, 0.3) is 0 Å². The maximum atomic E-state index is 9.57. The number of benzene rings is 1. The first-order chi connectivity index (χ1) is 10.4. The van der Waals surface area contributed by atoms with E-state index in [9.17, 15) is 5.11 Å². The largest absolute Gasteiger partial charge is 0.504 e. The maximum absolute atomic E-state index is 9.57. The van der Waals surface area contributed by atoms with E-state index in [1.165, 1.54) is 32.2 Å². The summed E-state index contributed by atoms with van der Waals surface area (Å²) in [5.74, 6) is 0.813. The van der Waals surface area contributed by atoms with E-state index in [2.05, 4.69) is 4.90 Å². The molecule has 0 spiro atoms. The molecule has 0 aromatic heterocycles. The van der Waals surface area contributed by atoms with Gasteiger partial charge in [-0.1, -0.05) is 31.4 Å². The van der Waals surface area contributed by atoms with E-state index in [4.69, 9.17) is 9.47 Å². The van der Waals surface area contributed by atoms with Crippen molar-refractivity contribution in [2.75, 3.05) is 39.5 Å². The lowest BCUT2D eigenvalue weighted by molar-refractivity contribution is 0.0371. The predicted octanol–water partition coefficient (Wildman–Crippen LogP) is 3.05. The first-order valence-corrected chi connectivity index (χ1v) is 8.07. The summed E-state index contributed by atoms with van der Waals surface area (Å²) in [4.78, 5) is 2.49. The SMILES string of the molecule is Oc1ccccc1OCCCCCCCN1CCOCC1. The number of phenolic OH excluding ortho intramolecular Hbond substituents is 1. The van der Waals surface area contributed by atoms with Gasteiger partial charge in [-0.3, -0.25) is 4.90 Å². The highest BCUT2D eigenvalue weighted by atomic mass is 16.5. The number of phenols is 1. The molecule has 1 aromatic carbocycles. The van der Waals surface area contributed by atoms with Crippen LogP contribution in [0.4, 0.5) is 0 Å². The Morgan fingerprint density at radius 2 is 1.71 bits per heavy atom. The van der Waals surface area contributed by atoms with Gasteiger partial charge in [0.05, 0.1) is 19.8 Å². The Kier molecular flexibility index (Phi) is 7.39. The molecule has 118 valence electrons. The van der Waals surface area contributed by atoms with Crippen LogP contribution >= 0.6 is 0 Å². The van der Waals surface area contributed by atoms with Crippen LogP contribution in [-0.2, 0) is 4.74 Å². The van der Waals surface area contributed by atoms with E-state index in [0.717, 1.165) is 32.7 Å². The molecule has 1 aliphatic heterocycles. The first kappa shape index (κ1) is 16.1. The highest BCUT2D eigenvalue weighted by Gasteiger charge is 2.08. The molecule has 4 heteroatoms. The van der Waals surface area contributed by atoms with E-state index < -0.39 is 0 Å². The number of ether oxygens (including phenoxy) is 2. The average molecular weight is 293 g/mol. The van der Waals surface area contributed by atoms with Crippen LogP contribution in [0.3, 0.4) is 0 Å². The van der Waals surface area contributed by atoms with E-state index in [1.807, 2.05) is 6.07 Å². The quantitative estimate of drug-likeness (QED) is 0.711. The number of rotatable bonds is 9. The molecule has 1 aliphatic rings. The molecule has 1 aromatic rings. The van der Waals surface area contributed by atoms with Crippen molar-refractivity contribution in [3.8, 4) is 11.5 Å². The van der Waals surface area contributed by atoms with Crippen molar-refractivity contribution in [3.63, 3.8) is 0 Å². The summed E-state index contributed by atoms with van der Waals surface area (Å²) in [7, 11) is 0. The van der Waals surface area contributed by atoms with Gasteiger partial charge in [0.1, 0.15) is 0 Å². The molecular formula is C17H27NO3. The molecule has 2 rings (SSSR count). The minimum absolute atomic E-state index is 0.225. The predicted molar refractivity (Wildman–Crippen MR) is 83.9 cm³/mol. The van der Waals surface area contributed by atoms with Crippen LogP contribution in [-0.4, -0.2) is 49.5 Å². The number of unbranched alkanes of at least 4 members (excludes halogenated alkanes) is 4. The van der Waals surface area contributed by atoms with Crippen LogP contribution in [0.5, 0.6) is 11.5 Å². The van der Waals surface area contributed by atoms with Crippen molar-refractivity contribution in [2.45, 2.75) is 32.1 Å². The van der Waals surface area contributed by atoms with Gasteiger partial charge < -0.3 is 14.6 Å². The van der Waals surface area contributed by atoms with Gasteiger partial charge >= 0.3 is 0 Å². The number of para-hydroxylation sites is 2. The van der Waals surface area contributed by atoms with E-state index in [1.54, 1.807) is 18.2 Å². The van der Waals surface area contributed by atoms with Gasteiger partial charge in [0.15, 0.2) is 11.5 Å². The number of hydrogen-bond acceptors (Lipinski definition) is 4. The Hall–Kier alpha value is -1.26. The highest BCUT2D eigenvalue weighted by Crippen LogP contribution is 2.24. The summed E-state index contributed by atoms with van der Waals surface area (Å²) in [6, 6.07) is 7.13. The standard InChI is InChI=1S/C17H27NO3/c19-16-8-4-5-9-17(16)21-13-7-3-1-2-6-10-18-11-14-20-15-12-18/h4-5,8-9,19H,1-3,6-7,10-15H2. The minimum atomic E-state index is 0.225. The molecule has 0 bridgehead atoms. The minimum Gasteiger partial charge on any atom is -0.504 e. The van der Waals surface area contributed by atoms with Crippen LogP contribution in [0, 0.1) is 0 Å². The third-order valence-corrected chi connectivity index (χ3v) is 3.85. The van der Waals surface area contributed by atoms with Gasteiger partial charge in [-0.15, -0.1) is 0 Å². The molecule has 1 N–H and O–H groups in total. The number of morpholine rings is 1. The Bertz CT molecular complexity index is 391. The summed E-state index contributed by atoms with van der Waals surface area (Å²) in [6.07, 6.45) is 6.06. The average Bonchev–Trinajstić information content (AvgIpc) is 2.52. The third kappa shape index (κ3) is 6.36. The van der Waals surface area contributed by atoms with Gasteiger partial charge in [0, 0.05) is 13.1 Å². The maximum Gasteiger partial charge on any atom is 0.160 e. The normalized spacial score (nSPS) is 16.0. The summed E-state index contributed by atoms with van der Waals surface area (Å²) in [6.45, 7) is 5.86. The molecule has 0 aliphatic carbocycles. The lowest BCUT2D eigenvalue weighted by Crippen LogP contribution is -2.36. The second kappa shape index (κ2) is 9.64. The molecule has 0 radical (unpaired) electrons. The topological polar surface area (TPSA) is 41.9 Å². The summed E-state index contributed by atoms with van der Waals surface area (Å²) < 4.78 is 10.9. The van der Waals surface area contributed by atoms with Crippen LogP contribution in [0.25, 0.3) is 0 Å². The Labute approximate surface area is 127 Å². The monoisotopic (exact) mass is 293 g/mol. The zero-order valence-corrected chi connectivity index (χ0v) is 12.8.